The van der Waals surface area contributed by atoms with E-state index in [1.165, 1.54) is 10.8 Å². The van der Waals surface area contributed by atoms with Crippen molar-refractivity contribution in [3.8, 4) is 51.2 Å². The quantitative estimate of drug-likeness (QED) is 0.232. The highest BCUT2D eigenvalue weighted by Gasteiger charge is 2.14. The Morgan fingerprint density at radius 3 is 1.46 bits per heavy atom. The maximum Gasteiger partial charge on any atom is 0.0992 e. The minimum Gasteiger partial charge on any atom is -0.309 e. The van der Waals surface area contributed by atoms with Crippen molar-refractivity contribution in [2.45, 2.75) is 0 Å². The van der Waals surface area contributed by atoms with Gasteiger partial charge in [-0.25, -0.2) is 0 Å². The molecule has 1 heterocycles. The molecule has 1 aromatic heterocycles. The fourth-order valence-electron chi connectivity index (χ4n) is 5.71. The highest BCUT2D eigenvalue weighted by atomic mass is 15.0. The first-order chi connectivity index (χ1) is 20.2. The van der Waals surface area contributed by atoms with Gasteiger partial charge in [-0.2, -0.15) is 10.5 Å². The molecule has 0 unspecified atom stereocenters. The van der Waals surface area contributed by atoms with Gasteiger partial charge in [0.2, 0.25) is 0 Å². The van der Waals surface area contributed by atoms with Crippen LogP contribution in [0.25, 0.3) is 60.9 Å². The Hall–Kier alpha value is -5.90. The molecule has 3 heteroatoms. The van der Waals surface area contributed by atoms with Gasteiger partial charge in [0, 0.05) is 16.5 Å². The van der Waals surface area contributed by atoms with Crippen LogP contribution in [0, 0.1) is 22.7 Å². The Morgan fingerprint density at radius 1 is 0.390 bits per heavy atom. The lowest BCUT2D eigenvalue weighted by atomic mass is 9.94. The Bertz CT molecular complexity index is 2120. The van der Waals surface area contributed by atoms with Crippen LogP contribution in [0.3, 0.4) is 0 Å². The summed E-state index contributed by atoms with van der Waals surface area (Å²) < 4.78 is 2.24. The summed E-state index contributed by atoms with van der Waals surface area (Å²) in [5, 5.41) is 22.1. The van der Waals surface area contributed by atoms with Crippen molar-refractivity contribution >= 4 is 21.8 Å². The van der Waals surface area contributed by atoms with Gasteiger partial charge in [0.05, 0.1) is 34.3 Å². The summed E-state index contributed by atoms with van der Waals surface area (Å²) in [5.41, 5.74) is 10.4. The van der Waals surface area contributed by atoms with E-state index in [1.54, 1.807) is 0 Å². The van der Waals surface area contributed by atoms with E-state index in [0.717, 1.165) is 50.1 Å². The largest absolute Gasteiger partial charge is 0.309 e. The lowest BCUT2D eigenvalue weighted by molar-refractivity contribution is 1.18. The number of fused-ring (bicyclic) bond motifs is 3. The van der Waals surface area contributed by atoms with Crippen LogP contribution in [0.5, 0.6) is 0 Å². The van der Waals surface area contributed by atoms with E-state index in [1.807, 2.05) is 48.5 Å². The predicted molar refractivity (Wildman–Crippen MR) is 167 cm³/mol. The number of nitriles is 2. The molecule has 0 aliphatic rings. The molecule has 0 saturated carbocycles. The number of aromatic nitrogens is 1. The van der Waals surface area contributed by atoms with Crippen molar-refractivity contribution in [3.63, 3.8) is 0 Å². The monoisotopic (exact) mass is 521 g/mol. The van der Waals surface area contributed by atoms with Crippen LogP contribution in [-0.2, 0) is 0 Å². The van der Waals surface area contributed by atoms with E-state index in [0.29, 0.717) is 11.1 Å². The average molecular weight is 522 g/mol. The minimum absolute atomic E-state index is 0.600. The molecule has 6 aromatic carbocycles. The second-order valence-corrected chi connectivity index (χ2v) is 10.1. The van der Waals surface area contributed by atoms with Gasteiger partial charge in [0.1, 0.15) is 0 Å². The fourth-order valence-corrected chi connectivity index (χ4v) is 5.71. The highest BCUT2D eigenvalue weighted by molar-refractivity contribution is 6.09. The van der Waals surface area contributed by atoms with Crippen molar-refractivity contribution in [3.05, 3.63) is 151 Å². The first kappa shape index (κ1) is 24.2. The third-order valence-electron chi connectivity index (χ3n) is 7.58. The lowest BCUT2D eigenvalue weighted by Crippen LogP contribution is -1.96. The van der Waals surface area contributed by atoms with Crippen LogP contribution >= 0.6 is 0 Å². The zero-order valence-electron chi connectivity index (χ0n) is 22.1. The van der Waals surface area contributed by atoms with E-state index in [2.05, 4.69) is 108 Å². The summed E-state index contributed by atoms with van der Waals surface area (Å²) in [6.07, 6.45) is 0. The number of para-hydroxylation sites is 2. The van der Waals surface area contributed by atoms with E-state index in [-0.39, 0.29) is 0 Å². The maximum atomic E-state index is 10.00. The molecule has 0 aliphatic heterocycles. The summed E-state index contributed by atoms with van der Waals surface area (Å²) >= 11 is 0. The first-order valence-electron chi connectivity index (χ1n) is 13.5. The first-order valence-corrected chi connectivity index (χ1v) is 13.5. The van der Waals surface area contributed by atoms with Crippen LogP contribution in [0.15, 0.2) is 140 Å². The van der Waals surface area contributed by atoms with Crippen LogP contribution in [0.4, 0.5) is 0 Å². The molecule has 7 rings (SSSR count). The zero-order chi connectivity index (χ0) is 27.8. The van der Waals surface area contributed by atoms with Crippen molar-refractivity contribution < 1.29 is 0 Å². The smallest absolute Gasteiger partial charge is 0.0992 e. The molecule has 0 fully saturated rings. The second kappa shape index (κ2) is 10.0. The summed E-state index contributed by atoms with van der Waals surface area (Å²) in [7, 11) is 0. The number of nitrogens with zero attached hydrogens (tertiary/aromatic N) is 3. The van der Waals surface area contributed by atoms with E-state index in [4.69, 9.17) is 0 Å². The minimum atomic E-state index is 0.600. The van der Waals surface area contributed by atoms with Gasteiger partial charge in [-0.1, -0.05) is 84.9 Å². The molecule has 0 amide bonds. The van der Waals surface area contributed by atoms with Gasteiger partial charge in [-0.15, -0.1) is 0 Å². The van der Waals surface area contributed by atoms with Gasteiger partial charge >= 0.3 is 0 Å². The number of hydrogen-bond acceptors (Lipinski definition) is 2. The van der Waals surface area contributed by atoms with Crippen LogP contribution < -0.4 is 0 Å². The van der Waals surface area contributed by atoms with Crippen LogP contribution in [-0.4, -0.2) is 4.57 Å². The van der Waals surface area contributed by atoms with Crippen molar-refractivity contribution in [1.82, 2.24) is 4.57 Å². The summed E-state index contributed by atoms with van der Waals surface area (Å²) in [6.45, 7) is 0. The second-order valence-electron chi connectivity index (χ2n) is 10.1. The van der Waals surface area contributed by atoms with Gasteiger partial charge in [-0.05, 0) is 88.0 Å². The van der Waals surface area contributed by atoms with Gasteiger partial charge in [-0.3, -0.25) is 0 Å². The third kappa shape index (κ3) is 4.33. The molecular weight excluding hydrogens is 498 g/mol. The zero-order valence-corrected chi connectivity index (χ0v) is 22.1. The normalized spacial score (nSPS) is 10.9. The lowest BCUT2D eigenvalue weighted by Gasteiger charge is -2.13. The Balaban J connectivity index is 1.39. The molecule has 0 radical (unpaired) electrons. The number of benzene rings is 6. The molecule has 190 valence electrons. The molecule has 0 N–H and O–H groups in total. The maximum absolute atomic E-state index is 10.00. The highest BCUT2D eigenvalue weighted by Crippen LogP contribution is 2.35. The fraction of sp³-hybridized carbons (Fsp3) is 0. The molecule has 7 aromatic rings. The molecular formula is C38H23N3. The molecule has 41 heavy (non-hydrogen) atoms. The van der Waals surface area contributed by atoms with E-state index in [9.17, 15) is 10.5 Å². The molecule has 0 spiro atoms. The molecule has 0 atom stereocenters. The van der Waals surface area contributed by atoms with Crippen molar-refractivity contribution in [2.75, 3.05) is 0 Å². The summed E-state index contributed by atoms with van der Waals surface area (Å²) in [4.78, 5) is 0. The number of hydrogen-bond donors (Lipinski definition) is 0. The van der Waals surface area contributed by atoms with Crippen LogP contribution in [0.1, 0.15) is 11.1 Å². The van der Waals surface area contributed by atoms with Gasteiger partial charge in [0.25, 0.3) is 0 Å². The Kier molecular flexibility index (Phi) is 5.90. The SMILES string of the molecule is N#Cc1cc(-c2ccccc2)cc(-c2cccc(-c3cc(C#N)cc(-n4c5ccccc5c5ccccc54)c3)c2)c1. The number of rotatable bonds is 4. The van der Waals surface area contributed by atoms with Gasteiger partial charge < -0.3 is 4.57 Å². The van der Waals surface area contributed by atoms with Crippen molar-refractivity contribution in [1.29, 1.82) is 10.5 Å². The Morgan fingerprint density at radius 2 is 0.854 bits per heavy atom. The van der Waals surface area contributed by atoms with E-state index >= 15 is 0 Å². The predicted octanol–water partition coefficient (Wildman–Crippen LogP) is 9.53. The average Bonchev–Trinajstić information content (AvgIpc) is 3.39. The third-order valence-corrected chi connectivity index (χ3v) is 7.58. The van der Waals surface area contributed by atoms with Gasteiger partial charge in [0.15, 0.2) is 0 Å². The summed E-state index contributed by atoms with van der Waals surface area (Å²) in [6, 6.07) is 51.9. The van der Waals surface area contributed by atoms with Crippen molar-refractivity contribution in [2.24, 2.45) is 0 Å². The van der Waals surface area contributed by atoms with Crippen LogP contribution in [0.2, 0.25) is 0 Å². The Labute approximate surface area is 238 Å². The molecule has 0 aliphatic carbocycles. The molecule has 3 nitrogen and oxygen atoms in total. The molecule has 0 bridgehead atoms. The topological polar surface area (TPSA) is 52.5 Å². The summed E-state index contributed by atoms with van der Waals surface area (Å²) in [5.74, 6) is 0. The standard InChI is InChI=1S/C38H23N3/c39-24-26-17-31(28-9-2-1-3-10-28)22-32(18-26)29-11-8-12-30(21-29)33-19-27(25-40)20-34(23-33)41-37-15-6-4-13-35(37)36-14-5-7-16-38(36)41/h1-23H. The molecule has 0 saturated heterocycles. The van der Waals surface area contributed by atoms with E-state index < -0.39 is 0 Å².